The fourth-order valence-electron chi connectivity index (χ4n) is 5.59. The Bertz CT molecular complexity index is 1860. The van der Waals surface area contributed by atoms with Gasteiger partial charge in [-0.25, -0.2) is 4.79 Å². The van der Waals surface area contributed by atoms with E-state index in [1.165, 1.54) is 6.20 Å². The number of methoxy groups -OCH3 is 1. The minimum Gasteiger partial charge on any atom is -0.496 e. The zero-order valence-electron chi connectivity index (χ0n) is 28.2. The highest BCUT2D eigenvalue weighted by atomic mass is 35.5. The first kappa shape index (κ1) is 35.3. The molecule has 0 bridgehead atoms. The Morgan fingerprint density at radius 3 is 2.55 bits per heavy atom. The Kier molecular flexibility index (Phi) is 10.8. The van der Waals surface area contributed by atoms with Crippen molar-refractivity contribution >= 4 is 35.2 Å². The van der Waals surface area contributed by atoms with Crippen LogP contribution in [0.3, 0.4) is 0 Å². The van der Waals surface area contributed by atoms with E-state index >= 15 is 0 Å². The molecule has 0 saturated carbocycles. The maximum Gasteiger partial charge on any atom is 0.410 e. The number of amides is 3. The topological polar surface area (TPSA) is 143 Å². The van der Waals surface area contributed by atoms with Crippen molar-refractivity contribution in [2.24, 2.45) is 0 Å². The van der Waals surface area contributed by atoms with Crippen LogP contribution in [0.5, 0.6) is 5.75 Å². The minimum atomic E-state index is -0.691. The summed E-state index contributed by atoms with van der Waals surface area (Å²) in [6.07, 6.45) is 3.72. The van der Waals surface area contributed by atoms with Gasteiger partial charge < -0.3 is 30.1 Å². The van der Waals surface area contributed by atoms with Crippen LogP contribution in [0.2, 0.25) is 5.02 Å². The van der Waals surface area contributed by atoms with E-state index in [0.717, 1.165) is 22.3 Å². The molecule has 49 heavy (non-hydrogen) atoms. The monoisotopic (exact) mass is 685 g/mol. The number of rotatable bonds is 10. The van der Waals surface area contributed by atoms with E-state index < -0.39 is 11.7 Å². The minimum absolute atomic E-state index is 0.0307. The SMILES string of the molecule is COc1cc(-c2nccc(-c3cccc(NC(=O)c4ccc(CO)cn4)c3C)c2Cl)ccc1CN(C[C@@H]1CCC(=O)N1)C(=O)OC(C)(C)C. The van der Waals surface area contributed by atoms with E-state index in [-0.39, 0.29) is 36.7 Å². The molecular formula is C37H40ClN5O6. The van der Waals surface area contributed by atoms with Gasteiger partial charge in [0.15, 0.2) is 0 Å². The van der Waals surface area contributed by atoms with Crippen molar-refractivity contribution in [1.82, 2.24) is 20.2 Å². The van der Waals surface area contributed by atoms with Crippen molar-refractivity contribution in [3.05, 3.63) is 94.4 Å². The van der Waals surface area contributed by atoms with Gasteiger partial charge >= 0.3 is 6.09 Å². The number of aliphatic hydroxyl groups is 1. The van der Waals surface area contributed by atoms with Crippen LogP contribution in [0.4, 0.5) is 10.5 Å². The number of hydrogen-bond acceptors (Lipinski definition) is 8. The average Bonchev–Trinajstić information content (AvgIpc) is 3.49. The first-order valence-corrected chi connectivity index (χ1v) is 16.3. The number of halogens is 1. The summed E-state index contributed by atoms with van der Waals surface area (Å²) in [7, 11) is 1.56. The van der Waals surface area contributed by atoms with Crippen LogP contribution < -0.4 is 15.4 Å². The summed E-state index contributed by atoms with van der Waals surface area (Å²) in [5.41, 5.74) is 5.07. The Labute approximate surface area is 290 Å². The van der Waals surface area contributed by atoms with Crippen LogP contribution in [-0.2, 0) is 22.7 Å². The lowest BCUT2D eigenvalue weighted by Gasteiger charge is -2.29. The second-order valence-electron chi connectivity index (χ2n) is 12.9. The summed E-state index contributed by atoms with van der Waals surface area (Å²) in [5.74, 6) is 0.125. The van der Waals surface area contributed by atoms with Gasteiger partial charge in [-0.1, -0.05) is 41.9 Å². The molecule has 0 unspecified atom stereocenters. The number of nitrogens with one attached hydrogen (secondary N) is 2. The summed E-state index contributed by atoms with van der Waals surface area (Å²) in [6.45, 7) is 7.67. The number of aromatic nitrogens is 2. The molecule has 3 heterocycles. The molecule has 1 atom stereocenters. The number of benzene rings is 2. The first-order chi connectivity index (χ1) is 23.4. The lowest BCUT2D eigenvalue weighted by Crippen LogP contribution is -2.43. The Morgan fingerprint density at radius 1 is 1.10 bits per heavy atom. The summed E-state index contributed by atoms with van der Waals surface area (Å²) >= 11 is 7.04. The molecule has 12 heteroatoms. The van der Waals surface area contributed by atoms with E-state index in [4.69, 9.17) is 21.1 Å². The molecule has 5 rings (SSSR count). The lowest BCUT2D eigenvalue weighted by molar-refractivity contribution is -0.119. The first-order valence-electron chi connectivity index (χ1n) is 15.9. The van der Waals surface area contributed by atoms with Gasteiger partial charge in [-0.05, 0) is 75.1 Å². The molecule has 256 valence electrons. The quantitative estimate of drug-likeness (QED) is 0.171. The number of anilines is 1. The van der Waals surface area contributed by atoms with Gasteiger partial charge in [0.2, 0.25) is 5.91 Å². The van der Waals surface area contributed by atoms with E-state index in [2.05, 4.69) is 20.6 Å². The van der Waals surface area contributed by atoms with Crippen molar-refractivity contribution in [2.45, 2.75) is 65.3 Å². The number of aliphatic hydroxyl groups excluding tert-OH is 1. The molecule has 2 aromatic heterocycles. The second-order valence-corrected chi connectivity index (χ2v) is 13.2. The molecule has 2 aromatic carbocycles. The standard InChI is InChI=1S/C37H40ClN5O6/c1-22-27(7-6-8-29(22)42-35(46)30-13-9-23(21-44)18-40-30)28-15-16-39-34(33(28)38)24-10-11-25(31(17-24)48-5)19-43(36(47)49-37(2,3)4)20-26-12-14-32(45)41-26/h6-11,13,15-18,26,44H,12,14,19-21H2,1-5H3,(H,41,45)(H,42,46)/t26-/m0/s1. The molecule has 1 aliphatic heterocycles. The van der Waals surface area contributed by atoms with Crippen molar-refractivity contribution < 1.29 is 29.0 Å². The number of hydrogen-bond donors (Lipinski definition) is 3. The van der Waals surface area contributed by atoms with Crippen LogP contribution in [0.1, 0.15) is 60.8 Å². The van der Waals surface area contributed by atoms with Crippen molar-refractivity contribution in [3.8, 4) is 28.1 Å². The smallest absolute Gasteiger partial charge is 0.410 e. The number of pyridine rings is 2. The maximum atomic E-state index is 13.2. The maximum absolute atomic E-state index is 13.2. The third-order valence-corrected chi connectivity index (χ3v) is 8.48. The predicted molar refractivity (Wildman–Crippen MR) is 187 cm³/mol. The largest absolute Gasteiger partial charge is 0.496 e. The number of carbonyl (C=O) groups excluding carboxylic acids is 3. The predicted octanol–water partition coefficient (Wildman–Crippen LogP) is 6.54. The molecule has 0 radical (unpaired) electrons. The highest BCUT2D eigenvalue weighted by molar-refractivity contribution is 6.35. The molecule has 0 spiro atoms. The summed E-state index contributed by atoms with van der Waals surface area (Å²) < 4.78 is 11.5. The van der Waals surface area contributed by atoms with Gasteiger partial charge in [0, 0.05) is 53.8 Å². The molecule has 3 amide bonds. The molecule has 1 saturated heterocycles. The Balaban J connectivity index is 1.41. The average molecular weight is 686 g/mol. The highest BCUT2D eigenvalue weighted by Crippen LogP contribution is 2.39. The van der Waals surface area contributed by atoms with Crippen LogP contribution in [0, 0.1) is 6.92 Å². The van der Waals surface area contributed by atoms with Crippen LogP contribution >= 0.6 is 11.6 Å². The number of ether oxygens (including phenoxy) is 2. The zero-order chi connectivity index (χ0) is 35.3. The van der Waals surface area contributed by atoms with E-state index in [1.807, 2.05) is 64.1 Å². The van der Waals surface area contributed by atoms with Crippen LogP contribution in [-0.4, -0.2) is 63.2 Å². The molecule has 1 aliphatic rings. The van der Waals surface area contributed by atoms with E-state index in [9.17, 15) is 19.5 Å². The van der Waals surface area contributed by atoms with E-state index in [1.54, 1.807) is 36.4 Å². The molecule has 11 nitrogen and oxygen atoms in total. The normalized spacial score (nSPS) is 14.3. The third-order valence-electron chi connectivity index (χ3n) is 8.10. The molecular weight excluding hydrogens is 646 g/mol. The van der Waals surface area contributed by atoms with Crippen molar-refractivity contribution in [1.29, 1.82) is 0 Å². The molecule has 3 N–H and O–H groups in total. The number of nitrogens with zero attached hydrogens (tertiary/aromatic N) is 3. The van der Waals surface area contributed by atoms with Gasteiger partial charge in [0.25, 0.3) is 5.91 Å². The van der Waals surface area contributed by atoms with E-state index in [0.29, 0.717) is 52.7 Å². The lowest BCUT2D eigenvalue weighted by atomic mass is 9.97. The van der Waals surface area contributed by atoms with Gasteiger partial charge in [-0.2, -0.15) is 0 Å². The molecule has 4 aromatic rings. The van der Waals surface area contributed by atoms with Crippen LogP contribution in [0.25, 0.3) is 22.4 Å². The second kappa shape index (κ2) is 15.0. The molecule has 1 fully saturated rings. The fraction of sp³-hybridized carbons (Fsp3) is 0.324. The van der Waals surface area contributed by atoms with Crippen molar-refractivity contribution in [2.75, 3.05) is 19.0 Å². The van der Waals surface area contributed by atoms with Gasteiger partial charge in [0.05, 0.1) is 31.0 Å². The zero-order valence-corrected chi connectivity index (χ0v) is 28.9. The highest BCUT2D eigenvalue weighted by Gasteiger charge is 2.29. The van der Waals surface area contributed by atoms with Crippen LogP contribution in [0.15, 0.2) is 67.0 Å². The number of carbonyl (C=O) groups is 3. The summed E-state index contributed by atoms with van der Waals surface area (Å²) in [5, 5.41) is 15.5. The molecule has 0 aliphatic carbocycles. The Hall–Kier alpha value is -5.00. The van der Waals surface area contributed by atoms with Gasteiger partial charge in [-0.15, -0.1) is 0 Å². The summed E-state index contributed by atoms with van der Waals surface area (Å²) in [6, 6.07) is 16.0. The summed E-state index contributed by atoms with van der Waals surface area (Å²) in [4.78, 5) is 48.3. The van der Waals surface area contributed by atoms with Crippen molar-refractivity contribution in [3.63, 3.8) is 0 Å². The Morgan fingerprint density at radius 2 is 1.90 bits per heavy atom. The van der Waals surface area contributed by atoms with Gasteiger partial charge in [-0.3, -0.25) is 19.6 Å². The third kappa shape index (κ3) is 8.54. The van der Waals surface area contributed by atoms with Gasteiger partial charge in [0.1, 0.15) is 17.0 Å². The fourth-order valence-corrected chi connectivity index (χ4v) is 5.92.